The Hall–Kier alpha value is -1.55. The van der Waals surface area contributed by atoms with Gasteiger partial charge < -0.3 is 15.4 Å². The molecule has 2 rings (SSSR count). The lowest BCUT2D eigenvalue weighted by Crippen LogP contribution is -2.43. The van der Waals surface area contributed by atoms with Gasteiger partial charge in [0.2, 0.25) is 5.91 Å². The molecule has 1 aliphatic heterocycles. The van der Waals surface area contributed by atoms with E-state index in [1.165, 1.54) is 0 Å². The van der Waals surface area contributed by atoms with E-state index >= 15 is 0 Å². The van der Waals surface area contributed by atoms with Crippen LogP contribution in [0.15, 0.2) is 18.2 Å². The Labute approximate surface area is 114 Å². The first-order valence-corrected chi connectivity index (χ1v) is 6.95. The number of carbonyl (C=O) groups is 1. The number of piperidine rings is 1. The number of carbonyl (C=O) groups excluding carboxylic acids is 1. The van der Waals surface area contributed by atoms with Crippen molar-refractivity contribution >= 4 is 11.6 Å². The van der Waals surface area contributed by atoms with Crippen molar-refractivity contribution in [2.75, 3.05) is 19.0 Å². The zero-order chi connectivity index (χ0) is 13.7. The Bertz CT molecular complexity index is 440. The Morgan fingerprint density at radius 1 is 1.47 bits per heavy atom. The fourth-order valence-corrected chi connectivity index (χ4v) is 2.44. The second-order valence-electron chi connectivity index (χ2n) is 4.87. The van der Waals surface area contributed by atoms with E-state index in [2.05, 4.69) is 17.6 Å². The van der Waals surface area contributed by atoms with Crippen LogP contribution in [-0.2, 0) is 11.2 Å². The number of nitrogens with one attached hydrogen (secondary N) is 2. The second kappa shape index (κ2) is 6.57. The van der Waals surface area contributed by atoms with E-state index in [0.29, 0.717) is 0 Å². The van der Waals surface area contributed by atoms with Gasteiger partial charge in [-0.2, -0.15) is 0 Å². The van der Waals surface area contributed by atoms with Gasteiger partial charge in [-0.3, -0.25) is 4.79 Å². The normalized spacial score (nSPS) is 18.9. The second-order valence-corrected chi connectivity index (χ2v) is 4.87. The van der Waals surface area contributed by atoms with Gasteiger partial charge in [-0.25, -0.2) is 0 Å². The van der Waals surface area contributed by atoms with Gasteiger partial charge in [-0.05, 0) is 49.6 Å². The molecule has 0 bridgehead atoms. The van der Waals surface area contributed by atoms with Gasteiger partial charge in [-0.1, -0.05) is 13.3 Å². The predicted octanol–water partition coefficient (Wildman–Crippen LogP) is 2.34. The van der Waals surface area contributed by atoms with Crippen molar-refractivity contribution in [2.24, 2.45) is 0 Å². The summed E-state index contributed by atoms with van der Waals surface area (Å²) in [6, 6.07) is 5.72. The topological polar surface area (TPSA) is 50.4 Å². The molecular formula is C15H22N2O2. The fourth-order valence-electron chi connectivity index (χ4n) is 2.44. The van der Waals surface area contributed by atoms with Crippen LogP contribution in [-0.4, -0.2) is 25.6 Å². The Balaban J connectivity index is 2.03. The lowest BCUT2D eigenvalue weighted by atomic mass is 10.0. The molecule has 1 aromatic rings. The Kier molecular flexibility index (Phi) is 4.80. The van der Waals surface area contributed by atoms with Crippen LogP contribution in [0.25, 0.3) is 0 Å². The first kappa shape index (κ1) is 13.9. The van der Waals surface area contributed by atoms with E-state index in [-0.39, 0.29) is 11.9 Å². The highest BCUT2D eigenvalue weighted by molar-refractivity contribution is 5.95. The summed E-state index contributed by atoms with van der Waals surface area (Å²) >= 11 is 0. The van der Waals surface area contributed by atoms with E-state index in [4.69, 9.17) is 4.74 Å². The highest BCUT2D eigenvalue weighted by Gasteiger charge is 2.20. The van der Waals surface area contributed by atoms with E-state index in [1.807, 2.05) is 18.2 Å². The smallest absolute Gasteiger partial charge is 0.241 e. The number of benzene rings is 1. The minimum Gasteiger partial charge on any atom is -0.496 e. The van der Waals surface area contributed by atoms with Gasteiger partial charge in [0.25, 0.3) is 0 Å². The Morgan fingerprint density at radius 2 is 2.32 bits per heavy atom. The quantitative estimate of drug-likeness (QED) is 0.875. The highest BCUT2D eigenvalue weighted by Crippen LogP contribution is 2.23. The average molecular weight is 262 g/mol. The summed E-state index contributed by atoms with van der Waals surface area (Å²) in [6.45, 7) is 3.01. The zero-order valence-corrected chi connectivity index (χ0v) is 11.7. The van der Waals surface area contributed by atoms with Gasteiger partial charge in [0.15, 0.2) is 0 Å². The number of anilines is 1. The van der Waals surface area contributed by atoms with Crippen LogP contribution in [0.1, 0.15) is 31.7 Å². The minimum absolute atomic E-state index is 0.0547. The summed E-state index contributed by atoms with van der Waals surface area (Å²) in [5, 5.41) is 6.23. The van der Waals surface area contributed by atoms with Crippen molar-refractivity contribution in [3.63, 3.8) is 0 Å². The molecule has 0 radical (unpaired) electrons. The zero-order valence-electron chi connectivity index (χ0n) is 11.7. The number of hydrogen-bond donors (Lipinski definition) is 2. The molecule has 4 heteroatoms. The van der Waals surface area contributed by atoms with Gasteiger partial charge in [0, 0.05) is 5.69 Å². The summed E-state index contributed by atoms with van der Waals surface area (Å²) in [7, 11) is 1.67. The molecule has 104 valence electrons. The number of hydrogen-bond acceptors (Lipinski definition) is 3. The van der Waals surface area contributed by atoms with Crippen LogP contribution < -0.4 is 15.4 Å². The van der Waals surface area contributed by atoms with E-state index < -0.39 is 0 Å². The molecule has 1 amide bonds. The van der Waals surface area contributed by atoms with Crippen molar-refractivity contribution in [3.05, 3.63) is 23.8 Å². The summed E-state index contributed by atoms with van der Waals surface area (Å²) in [5.41, 5.74) is 1.95. The first-order chi connectivity index (χ1) is 9.24. The third-order valence-electron chi connectivity index (χ3n) is 3.56. The monoisotopic (exact) mass is 262 g/mol. The largest absolute Gasteiger partial charge is 0.496 e. The summed E-state index contributed by atoms with van der Waals surface area (Å²) in [5.74, 6) is 0.934. The molecule has 2 N–H and O–H groups in total. The molecule has 1 heterocycles. The average Bonchev–Trinajstić information content (AvgIpc) is 2.48. The number of methoxy groups -OCH3 is 1. The van der Waals surface area contributed by atoms with Gasteiger partial charge in [0.05, 0.1) is 13.2 Å². The van der Waals surface area contributed by atoms with Crippen LogP contribution in [0.4, 0.5) is 5.69 Å². The lowest BCUT2D eigenvalue weighted by molar-refractivity contribution is -0.118. The van der Waals surface area contributed by atoms with E-state index in [1.54, 1.807) is 7.11 Å². The van der Waals surface area contributed by atoms with Gasteiger partial charge >= 0.3 is 0 Å². The number of amides is 1. The van der Waals surface area contributed by atoms with Crippen LogP contribution in [0.2, 0.25) is 0 Å². The molecule has 1 aliphatic rings. The maximum absolute atomic E-state index is 12.1. The van der Waals surface area contributed by atoms with Crippen LogP contribution >= 0.6 is 0 Å². The van der Waals surface area contributed by atoms with Gasteiger partial charge in [-0.15, -0.1) is 0 Å². The maximum Gasteiger partial charge on any atom is 0.241 e. The highest BCUT2D eigenvalue weighted by atomic mass is 16.5. The van der Waals surface area contributed by atoms with Crippen molar-refractivity contribution < 1.29 is 9.53 Å². The summed E-state index contributed by atoms with van der Waals surface area (Å²) in [6.07, 6.45) is 4.08. The molecular weight excluding hydrogens is 240 g/mol. The van der Waals surface area contributed by atoms with E-state index in [9.17, 15) is 4.79 Å². The van der Waals surface area contributed by atoms with Crippen LogP contribution in [0.5, 0.6) is 5.75 Å². The van der Waals surface area contributed by atoms with E-state index in [0.717, 1.165) is 49.2 Å². The molecule has 1 aromatic carbocycles. The third-order valence-corrected chi connectivity index (χ3v) is 3.56. The number of rotatable bonds is 4. The number of aryl methyl sites for hydroxylation is 1. The molecule has 0 aromatic heterocycles. The molecule has 19 heavy (non-hydrogen) atoms. The molecule has 1 atom stereocenters. The Morgan fingerprint density at radius 3 is 2.95 bits per heavy atom. The molecule has 0 saturated carbocycles. The molecule has 1 fully saturated rings. The molecule has 0 aliphatic carbocycles. The third kappa shape index (κ3) is 3.47. The van der Waals surface area contributed by atoms with Crippen molar-refractivity contribution in [1.29, 1.82) is 0 Å². The molecule has 1 unspecified atom stereocenters. The fraction of sp³-hybridized carbons (Fsp3) is 0.533. The predicted molar refractivity (Wildman–Crippen MR) is 76.6 cm³/mol. The minimum atomic E-state index is -0.0547. The first-order valence-electron chi connectivity index (χ1n) is 6.95. The molecule has 1 saturated heterocycles. The molecule has 0 spiro atoms. The van der Waals surface area contributed by atoms with Crippen molar-refractivity contribution in [1.82, 2.24) is 5.32 Å². The standard InChI is InChI=1S/C15H22N2O2/c1-3-11-10-12(7-8-14(11)19-2)17-15(18)13-6-4-5-9-16-13/h7-8,10,13,16H,3-6,9H2,1-2H3,(H,17,18). The van der Waals surface area contributed by atoms with Crippen LogP contribution in [0, 0.1) is 0 Å². The maximum atomic E-state index is 12.1. The SMILES string of the molecule is CCc1cc(NC(=O)C2CCCCN2)ccc1OC. The van der Waals surface area contributed by atoms with Gasteiger partial charge in [0.1, 0.15) is 5.75 Å². The van der Waals surface area contributed by atoms with Crippen LogP contribution in [0.3, 0.4) is 0 Å². The van der Waals surface area contributed by atoms with Crippen molar-refractivity contribution in [2.45, 2.75) is 38.6 Å². The number of ether oxygens (including phenoxy) is 1. The summed E-state index contributed by atoms with van der Waals surface area (Å²) < 4.78 is 5.29. The molecule has 4 nitrogen and oxygen atoms in total. The van der Waals surface area contributed by atoms with Crippen molar-refractivity contribution in [3.8, 4) is 5.75 Å². The lowest BCUT2D eigenvalue weighted by Gasteiger charge is -2.22. The summed E-state index contributed by atoms with van der Waals surface area (Å²) in [4.78, 5) is 12.1.